The molecule has 0 aliphatic rings. The van der Waals surface area contributed by atoms with Crippen molar-refractivity contribution in [1.29, 1.82) is 0 Å². The fraction of sp³-hybridized carbons (Fsp3) is 0. The monoisotopic (exact) mass is 357 g/mol. The van der Waals surface area contributed by atoms with Crippen molar-refractivity contribution >= 4 is 47.8 Å². The van der Waals surface area contributed by atoms with Gasteiger partial charge in [-0.2, -0.15) is 0 Å². The van der Waals surface area contributed by atoms with Gasteiger partial charge in [0.1, 0.15) is 0 Å². The number of hydrogen-bond acceptors (Lipinski definition) is 0. The molecule has 0 unspecified atom stereocenters. The Kier molecular flexibility index (Phi) is 134. The Morgan fingerprint density at radius 1 is 0.750 bits per heavy atom. The van der Waals surface area contributed by atoms with Crippen LogP contribution in [0.4, 0.5) is 0 Å². The van der Waals surface area contributed by atoms with Gasteiger partial charge in [-0.3, -0.25) is 0 Å². The van der Waals surface area contributed by atoms with Gasteiger partial charge in [0.15, 0.2) is 0 Å². The molecule has 0 rings (SSSR count). The first-order valence-corrected chi connectivity index (χ1v) is 0. The van der Waals surface area contributed by atoms with Crippen LogP contribution in [-0.2, 0) is 33.3 Å². The summed E-state index contributed by atoms with van der Waals surface area (Å²) in [6.45, 7) is 0. The third-order valence-corrected chi connectivity index (χ3v) is 0. The average molecular weight is 355 g/mol. The van der Waals surface area contributed by atoms with E-state index in [4.69, 9.17) is 0 Å². The molecule has 0 fully saturated rings. The molecular weight excluding hydrogens is 355 g/mol. The maximum Gasteiger partial charge on any atom is 0 e. The second-order valence-corrected chi connectivity index (χ2v) is 0. The van der Waals surface area contributed by atoms with Crippen LogP contribution in [0.25, 0.3) is 0 Å². The van der Waals surface area contributed by atoms with E-state index in [1.807, 2.05) is 0 Å². The van der Waals surface area contributed by atoms with E-state index in [9.17, 15) is 0 Å². The molecule has 0 N–H and O–H groups in total. The maximum absolute atomic E-state index is 0. The van der Waals surface area contributed by atoms with Gasteiger partial charge in [0.2, 0.25) is 0 Å². The summed E-state index contributed by atoms with van der Waals surface area (Å²) in [6.07, 6.45) is 0. The van der Waals surface area contributed by atoms with Crippen LogP contribution in [-0.4, -0.2) is 47.8 Å². The molecule has 0 aliphatic heterocycles. The first-order chi connectivity index (χ1) is 0. The van der Waals surface area contributed by atoms with Gasteiger partial charge in [-0.1, -0.05) is 0 Å². The van der Waals surface area contributed by atoms with Crippen LogP contribution in [0.5, 0.6) is 0 Å². The van der Waals surface area contributed by atoms with Crippen molar-refractivity contribution < 1.29 is 33.3 Å². The first kappa shape index (κ1) is 30.6. The van der Waals surface area contributed by atoms with Gasteiger partial charge in [-0.25, -0.2) is 0 Å². The molecule has 0 aromatic heterocycles. The Hall–Kier alpha value is 2.60. The molecule has 0 atom stereocenters. The van der Waals surface area contributed by atoms with Crippen LogP contribution in [0.3, 0.4) is 0 Å². The SMILES string of the molecule is [Co].[Ni].[Sn].[Sn]. The molecule has 0 heterocycles. The zero-order chi connectivity index (χ0) is 0. The molecule has 0 saturated heterocycles. The minimum Gasteiger partial charge on any atom is 0 e. The van der Waals surface area contributed by atoms with E-state index in [0.717, 1.165) is 0 Å². The van der Waals surface area contributed by atoms with E-state index in [-0.39, 0.29) is 81.1 Å². The smallest absolute Gasteiger partial charge is 0 e. The molecule has 0 bridgehead atoms. The van der Waals surface area contributed by atoms with Crippen LogP contribution < -0.4 is 0 Å². The van der Waals surface area contributed by atoms with Gasteiger partial charge < -0.3 is 0 Å². The zero-order valence-corrected chi connectivity index (χ0v) is 9.39. The third kappa shape index (κ3) is 8.82. The van der Waals surface area contributed by atoms with Crippen molar-refractivity contribution in [3.05, 3.63) is 0 Å². The molecule has 0 aromatic rings. The number of hydrogen-bond donors (Lipinski definition) is 0. The zero-order valence-electron chi connectivity index (χ0n) is 1.65. The summed E-state index contributed by atoms with van der Waals surface area (Å²) in [4.78, 5) is 0. The normalized spacial score (nSPS) is 0. The Balaban J connectivity index is 0. The summed E-state index contributed by atoms with van der Waals surface area (Å²) in [6, 6.07) is 0. The molecule has 4 heteroatoms. The van der Waals surface area contributed by atoms with E-state index >= 15 is 0 Å². The fourth-order valence-electron chi connectivity index (χ4n) is 0. The third-order valence-electron chi connectivity index (χ3n) is 0. The van der Waals surface area contributed by atoms with Crippen LogP contribution in [0.1, 0.15) is 0 Å². The summed E-state index contributed by atoms with van der Waals surface area (Å²) in [5.41, 5.74) is 0. The Morgan fingerprint density at radius 3 is 0.750 bits per heavy atom. The predicted molar refractivity (Wildman–Crippen MR) is 11.5 cm³/mol. The van der Waals surface area contributed by atoms with Gasteiger partial charge in [-0.15, -0.1) is 0 Å². The van der Waals surface area contributed by atoms with Crippen LogP contribution in [0.2, 0.25) is 0 Å². The van der Waals surface area contributed by atoms with Gasteiger partial charge in [0.25, 0.3) is 0 Å². The molecule has 0 aromatic carbocycles. The number of rotatable bonds is 0. The summed E-state index contributed by atoms with van der Waals surface area (Å²) in [5.74, 6) is 0. The average Bonchev–Trinajstić information content (AvgIpc) is 0. The van der Waals surface area contributed by atoms with Crippen LogP contribution >= 0.6 is 0 Å². The van der Waals surface area contributed by atoms with E-state index < -0.39 is 0 Å². The standard InChI is InChI=1S/Co.Ni.2Sn. The fourth-order valence-corrected chi connectivity index (χ4v) is 0. The minimum absolute atomic E-state index is 0. The van der Waals surface area contributed by atoms with Gasteiger partial charge >= 0.3 is 0 Å². The van der Waals surface area contributed by atoms with E-state index in [1.54, 1.807) is 0 Å². The summed E-state index contributed by atoms with van der Waals surface area (Å²) in [5, 5.41) is 0. The van der Waals surface area contributed by atoms with Crippen molar-refractivity contribution in [1.82, 2.24) is 0 Å². The molecule has 4 heavy (non-hydrogen) atoms. The Labute approximate surface area is 79.9 Å². The molecule has 0 amide bonds. The predicted octanol–water partition coefficient (Wildman–Crippen LogP) is -0.767. The van der Waals surface area contributed by atoms with E-state index in [1.165, 1.54) is 0 Å². The molecule has 0 aliphatic carbocycles. The van der Waals surface area contributed by atoms with Crippen molar-refractivity contribution in [2.24, 2.45) is 0 Å². The topological polar surface area (TPSA) is 0 Å². The molecule has 9 radical (unpaired) electrons. The second-order valence-electron chi connectivity index (χ2n) is 0. The first-order valence-electron chi connectivity index (χ1n) is 0. The van der Waals surface area contributed by atoms with Crippen molar-refractivity contribution in [3.8, 4) is 0 Å². The molecular formula is CoNiSn2. The maximum atomic E-state index is 0. The quantitative estimate of drug-likeness (QED) is 0.501. The largest absolute Gasteiger partial charge is 0 e. The van der Waals surface area contributed by atoms with Crippen molar-refractivity contribution in [2.75, 3.05) is 0 Å². The van der Waals surface area contributed by atoms with E-state index in [2.05, 4.69) is 0 Å². The van der Waals surface area contributed by atoms with Gasteiger partial charge in [0, 0.05) is 81.1 Å². The second kappa shape index (κ2) is 17.5. The minimum atomic E-state index is 0. The molecule has 0 saturated carbocycles. The van der Waals surface area contributed by atoms with Crippen LogP contribution in [0.15, 0.2) is 0 Å². The molecule has 27 valence electrons. The Morgan fingerprint density at radius 2 is 0.750 bits per heavy atom. The Bertz CT molecular complexity index is 6.00. The summed E-state index contributed by atoms with van der Waals surface area (Å²) in [7, 11) is 0. The molecule has 0 nitrogen and oxygen atoms in total. The molecule has 0 spiro atoms. The summed E-state index contributed by atoms with van der Waals surface area (Å²) >= 11 is 0. The van der Waals surface area contributed by atoms with E-state index in [0.29, 0.717) is 0 Å². The van der Waals surface area contributed by atoms with Gasteiger partial charge in [-0.05, 0) is 0 Å². The van der Waals surface area contributed by atoms with Crippen LogP contribution in [0, 0.1) is 0 Å². The summed E-state index contributed by atoms with van der Waals surface area (Å²) < 4.78 is 0. The van der Waals surface area contributed by atoms with Gasteiger partial charge in [0.05, 0.1) is 0 Å². The van der Waals surface area contributed by atoms with Crippen molar-refractivity contribution in [2.45, 2.75) is 0 Å². The van der Waals surface area contributed by atoms with Crippen molar-refractivity contribution in [3.63, 3.8) is 0 Å².